The van der Waals surface area contributed by atoms with Gasteiger partial charge in [-0.1, -0.05) is 0 Å². The van der Waals surface area contributed by atoms with Crippen molar-refractivity contribution in [1.29, 1.82) is 0 Å². The molecule has 1 rings (SSSR count). The van der Waals surface area contributed by atoms with E-state index >= 15 is 0 Å². The summed E-state index contributed by atoms with van der Waals surface area (Å²) in [6.07, 6.45) is 2.93. The molecule has 0 spiro atoms. The molecule has 90 valence electrons. The molecule has 0 aliphatic heterocycles. The van der Waals surface area contributed by atoms with E-state index in [4.69, 9.17) is 5.73 Å². The summed E-state index contributed by atoms with van der Waals surface area (Å²) >= 11 is 1.43. The maximum absolute atomic E-state index is 10.9. The van der Waals surface area contributed by atoms with Crippen molar-refractivity contribution in [1.82, 2.24) is 4.98 Å². The third kappa shape index (κ3) is 4.96. The van der Waals surface area contributed by atoms with E-state index < -0.39 is 9.84 Å². The quantitative estimate of drug-likeness (QED) is 0.806. The highest BCUT2D eigenvalue weighted by molar-refractivity contribution is 8.00. The summed E-state index contributed by atoms with van der Waals surface area (Å²) < 4.78 is 21.9. The first-order valence-electron chi connectivity index (χ1n) is 4.90. The van der Waals surface area contributed by atoms with Gasteiger partial charge in [0.15, 0.2) is 0 Å². The van der Waals surface area contributed by atoms with Crippen LogP contribution >= 0.6 is 11.8 Å². The van der Waals surface area contributed by atoms with E-state index in [1.54, 1.807) is 6.20 Å². The van der Waals surface area contributed by atoms with Gasteiger partial charge in [0.05, 0.1) is 10.8 Å². The summed E-state index contributed by atoms with van der Waals surface area (Å²) in [5, 5.41) is 0.818. The number of pyridine rings is 1. The highest BCUT2D eigenvalue weighted by atomic mass is 32.2. The molecule has 16 heavy (non-hydrogen) atoms. The van der Waals surface area contributed by atoms with Crippen LogP contribution in [0.2, 0.25) is 0 Å². The molecule has 0 amide bonds. The van der Waals surface area contributed by atoms with Crippen molar-refractivity contribution in [2.75, 3.05) is 17.8 Å². The fraction of sp³-hybridized carbons (Fsp3) is 0.500. The average Bonchev–Trinajstić information content (AvgIpc) is 2.16. The zero-order valence-corrected chi connectivity index (χ0v) is 11.0. The lowest BCUT2D eigenvalue weighted by Crippen LogP contribution is -2.06. The zero-order valence-electron chi connectivity index (χ0n) is 9.38. The Morgan fingerprint density at radius 3 is 2.81 bits per heavy atom. The summed E-state index contributed by atoms with van der Waals surface area (Å²) in [4.78, 5) is 4.15. The Morgan fingerprint density at radius 2 is 2.25 bits per heavy atom. The molecule has 4 nitrogen and oxygen atoms in total. The molecule has 0 unspecified atom stereocenters. The van der Waals surface area contributed by atoms with Crippen molar-refractivity contribution in [3.63, 3.8) is 0 Å². The molecule has 6 heteroatoms. The molecular formula is C10H16N2O2S2. The average molecular weight is 260 g/mol. The van der Waals surface area contributed by atoms with Gasteiger partial charge < -0.3 is 5.73 Å². The number of thioether (sulfide) groups is 1. The van der Waals surface area contributed by atoms with Gasteiger partial charge in [0.1, 0.15) is 9.84 Å². The summed E-state index contributed by atoms with van der Waals surface area (Å²) in [7, 11) is -2.89. The molecule has 0 fully saturated rings. The summed E-state index contributed by atoms with van der Waals surface area (Å²) in [5.41, 5.74) is 6.76. The molecule has 0 aromatic carbocycles. The van der Waals surface area contributed by atoms with Gasteiger partial charge in [-0.25, -0.2) is 13.4 Å². The first-order chi connectivity index (χ1) is 7.38. The minimum atomic E-state index is -2.89. The molecule has 1 atom stereocenters. The molecule has 1 aromatic rings. The molecule has 0 bridgehead atoms. The third-order valence-corrected chi connectivity index (χ3v) is 4.12. The van der Waals surface area contributed by atoms with Gasteiger partial charge in [0.25, 0.3) is 0 Å². The number of aromatic nitrogens is 1. The van der Waals surface area contributed by atoms with Crippen LogP contribution in [0.25, 0.3) is 0 Å². The Kier molecular flexibility index (Phi) is 4.76. The van der Waals surface area contributed by atoms with Crippen LogP contribution in [0.5, 0.6) is 0 Å². The number of nitrogens with zero attached hydrogens (tertiary/aromatic N) is 1. The Labute approximate surface area is 101 Å². The van der Waals surface area contributed by atoms with Gasteiger partial charge in [0, 0.05) is 24.2 Å². The van der Waals surface area contributed by atoms with Crippen molar-refractivity contribution < 1.29 is 8.42 Å². The van der Waals surface area contributed by atoms with Gasteiger partial charge in [-0.05, 0) is 24.6 Å². The number of nitrogens with two attached hydrogens (primary N) is 1. The first kappa shape index (κ1) is 13.5. The number of hydrogen-bond acceptors (Lipinski definition) is 5. The van der Waals surface area contributed by atoms with E-state index in [2.05, 4.69) is 4.98 Å². The van der Waals surface area contributed by atoms with E-state index in [9.17, 15) is 8.42 Å². The van der Waals surface area contributed by atoms with Gasteiger partial charge in [0.2, 0.25) is 0 Å². The van der Waals surface area contributed by atoms with Crippen molar-refractivity contribution in [3.8, 4) is 0 Å². The molecule has 0 aliphatic carbocycles. The molecular weight excluding hydrogens is 244 g/mol. The second-order valence-electron chi connectivity index (χ2n) is 3.69. The molecule has 0 saturated heterocycles. The van der Waals surface area contributed by atoms with Crippen LogP contribution in [0.3, 0.4) is 0 Å². The van der Waals surface area contributed by atoms with Crippen LogP contribution in [0.15, 0.2) is 23.4 Å². The SMILES string of the molecule is C[C@H](N)c1ccnc(SCCS(C)(=O)=O)c1. The van der Waals surface area contributed by atoms with Crippen molar-refractivity contribution in [2.24, 2.45) is 5.73 Å². The van der Waals surface area contributed by atoms with Gasteiger partial charge in [-0.15, -0.1) is 11.8 Å². The first-order valence-corrected chi connectivity index (χ1v) is 7.95. The van der Waals surface area contributed by atoms with Crippen LogP contribution in [0.1, 0.15) is 18.5 Å². The Hall–Kier alpha value is -0.590. The fourth-order valence-corrected chi connectivity index (χ4v) is 3.19. The highest BCUT2D eigenvalue weighted by Gasteiger charge is 2.05. The Bertz CT molecular complexity index is 444. The maximum Gasteiger partial charge on any atom is 0.148 e. The standard InChI is InChI=1S/C10H16N2O2S2/c1-8(11)9-3-4-12-10(7-9)15-5-6-16(2,13)14/h3-4,7-8H,5-6,11H2,1-2H3/t8-/m0/s1. The Balaban J connectivity index is 2.58. The van der Waals surface area contributed by atoms with Gasteiger partial charge >= 0.3 is 0 Å². The van der Waals surface area contributed by atoms with Crippen LogP contribution in [-0.4, -0.2) is 31.2 Å². The minimum absolute atomic E-state index is 0.0303. The zero-order chi connectivity index (χ0) is 12.2. The summed E-state index contributed by atoms with van der Waals surface area (Å²) in [6.45, 7) is 1.90. The lowest BCUT2D eigenvalue weighted by molar-refractivity contribution is 0.603. The van der Waals surface area contributed by atoms with E-state index in [0.717, 1.165) is 10.6 Å². The number of hydrogen-bond donors (Lipinski definition) is 1. The van der Waals surface area contributed by atoms with Crippen LogP contribution < -0.4 is 5.73 Å². The van der Waals surface area contributed by atoms with Crippen molar-refractivity contribution in [2.45, 2.75) is 18.0 Å². The van der Waals surface area contributed by atoms with Crippen molar-refractivity contribution in [3.05, 3.63) is 23.9 Å². The van der Waals surface area contributed by atoms with E-state index in [-0.39, 0.29) is 11.8 Å². The fourth-order valence-electron chi connectivity index (χ4n) is 1.08. The lowest BCUT2D eigenvalue weighted by atomic mass is 10.1. The van der Waals surface area contributed by atoms with E-state index in [1.165, 1.54) is 18.0 Å². The topological polar surface area (TPSA) is 73.0 Å². The second-order valence-corrected chi connectivity index (χ2v) is 7.07. The van der Waals surface area contributed by atoms with Crippen LogP contribution in [-0.2, 0) is 9.84 Å². The minimum Gasteiger partial charge on any atom is -0.324 e. The van der Waals surface area contributed by atoms with Crippen molar-refractivity contribution >= 4 is 21.6 Å². The molecule has 0 aliphatic rings. The second kappa shape index (κ2) is 5.65. The van der Waals surface area contributed by atoms with Gasteiger partial charge in [-0.3, -0.25) is 0 Å². The van der Waals surface area contributed by atoms with E-state index in [1.807, 2.05) is 19.1 Å². The Morgan fingerprint density at radius 1 is 1.56 bits per heavy atom. The summed E-state index contributed by atoms with van der Waals surface area (Å²) in [5.74, 6) is 0.690. The number of rotatable bonds is 5. The monoisotopic (exact) mass is 260 g/mol. The van der Waals surface area contributed by atoms with Crippen LogP contribution in [0.4, 0.5) is 0 Å². The largest absolute Gasteiger partial charge is 0.324 e. The number of sulfone groups is 1. The molecule has 2 N–H and O–H groups in total. The maximum atomic E-state index is 10.9. The predicted molar refractivity (Wildman–Crippen MR) is 67.3 cm³/mol. The smallest absolute Gasteiger partial charge is 0.148 e. The predicted octanol–water partition coefficient (Wildman–Crippen LogP) is 1.24. The normalized spacial score (nSPS) is 13.7. The highest BCUT2D eigenvalue weighted by Crippen LogP contribution is 2.19. The van der Waals surface area contributed by atoms with E-state index in [0.29, 0.717) is 5.75 Å². The van der Waals surface area contributed by atoms with Gasteiger partial charge in [-0.2, -0.15) is 0 Å². The lowest BCUT2D eigenvalue weighted by Gasteiger charge is -2.06. The molecule has 1 aromatic heterocycles. The third-order valence-electron chi connectivity index (χ3n) is 1.99. The summed E-state index contributed by atoms with van der Waals surface area (Å²) in [6, 6.07) is 3.74. The molecule has 0 saturated carbocycles. The molecule has 0 radical (unpaired) electrons. The van der Waals surface area contributed by atoms with Crippen LogP contribution in [0, 0.1) is 0 Å². The molecule has 1 heterocycles.